The van der Waals surface area contributed by atoms with E-state index < -0.39 is 0 Å². The van der Waals surface area contributed by atoms with Crippen molar-refractivity contribution in [3.8, 4) is 0 Å². The highest BCUT2D eigenvalue weighted by Gasteiger charge is 2.32. The van der Waals surface area contributed by atoms with Gasteiger partial charge >= 0.3 is 0 Å². The second-order valence-corrected chi connectivity index (χ2v) is 10.1. The normalized spacial score (nSPS) is 15.5. The van der Waals surface area contributed by atoms with Crippen molar-refractivity contribution in [1.29, 1.82) is 0 Å². The van der Waals surface area contributed by atoms with E-state index in [0.717, 1.165) is 16.9 Å². The zero-order chi connectivity index (χ0) is 21.8. The standard InChI is InChI=1S/C25H25NO3S2/c1-17-7-11-23(31-17)21(28)10-8-19(27)9-12-24(29)26-15-13-22-20(14-16-30-22)25(26)18-5-3-2-4-6-18/h2-7,11,14,16,25H,8-10,12-13,15H2,1H3. The van der Waals surface area contributed by atoms with Crippen molar-refractivity contribution < 1.29 is 14.4 Å². The lowest BCUT2D eigenvalue weighted by molar-refractivity contribution is -0.135. The number of hydrogen-bond donors (Lipinski definition) is 0. The minimum atomic E-state index is -0.0950. The molecule has 0 aliphatic carbocycles. The number of amides is 1. The van der Waals surface area contributed by atoms with Crippen molar-refractivity contribution >= 4 is 40.1 Å². The van der Waals surface area contributed by atoms with Gasteiger partial charge < -0.3 is 4.90 Å². The van der Waals surface area contributed by atoms with Crippen molar-refractivity contribution in [3.63, 3.8) is 0 Å². The summed E-state index contributed by atoms with van der Waals surface area (Å²) < 4.78 is 0. The molecule has 160 valence electrons. The largest absolute Gasteiger partial charge is 0.331 e. The Hall–Kier alpha value is -2.57. The molecule has 0 spiro atoms. The molecule has 1 aliphatic heterocycles. The van der Waals surface area contributed by atoms with Crippen LogP contribution in [0.2, 0.25) is 0 Å². The summed E-state index contributed by atoms with van der Waals surface area (Å²) in [5.41, 5.74) is 2.29. The molecule has 1 aromatic carbocycles. The smallest absolute Gasteiger partial charge is 0.223 e. The molecule has 0 fully saturated rings. The molecule has 1 unspecified atom stereocenters. The van der Waals surface area contributed by atoms with Crippen LogP contribution in [0.25, 0.3) is 0 Å². The van der Waals surface area contributed by atoms with Crippen LogP contribution in [0.1, 0.15) is 62.3 Å². The summed E-state index contributed by atoms with van der Waals surface area (Å²) in [4.78, 5) is 42.7. The van der Waals surface area contributed by atoms with Gasteiger partial charge in [0.25, 0.3) is 0 Å². The van der Waals surface area contributed by atoms with Gasteiger partial charge in [0.05, 0.1) is 10.9 Å². The van der Waals surface area contributed by atoms with E-state index in [9.17, 15) is 14.4 Å². The molecule has 2 aromatic heterocycles. The van der Waals surface area contributed by atoms with Crippen LogP contribution in [-0.2, 0) is 16.0 Å². The molecular weight excluding hydrogens is 426 g/mol. The molecule has 0 N–H and O–H groups in total. The maximum Gasteiger partial charge on any atom is 0.223 e. The van der Waals surface area contributed by atoms with Gasteiger partial charge in [-0.3, -0.25) is 14.4 Å². The molecule has 0 saturated carbocycles. The Balaban J connectivity index is 1.36. The number of Topliss-reactive ketones (excluding diaryl/α,β-unsaturated/α-hetero) is 2. The van der Waals surface area contributed by atoms with Crippen LogP contribution in [0.5, 0.6) is 0 Å². The molecule has 0 saturated heterocycles. The predicted octanol–water partition coefficient (Wildman–Crippen LogP) is 5.60. The molecule has 1 aliphatic rings. The van der Waals surface area contributed by atoms with Crippen molar-refractivity contribution in [2.45, 2.75) is 45.1 Å². The molecule has 1 amide bonds. The van der Waals surface area contributed by atoms with Crippen molar-refractivity contribution in [2.75, 3.05) is 6.54 Å². The van der Waals surface area contributed by atoms with Gasteiger partial charge in [0.15, 0.2) is 5.78 Å². The second kappa shape index (κ2) is 9.71. The minimum Gasteiger partial charge on any atom is -0.331 e. The van der Waals surface area contributed by atoms with Gasteiger partial charge in [-0.05, 0) is 48.1 Å². The van der Waals surface area contributed by atoms with Crippen LogP contribution in [0, 0.1) is 6.92 Å². The van der Waals surface area contributed by atoms with E-state index in [1.54, 1.807) is 11.3 Å². The van der Waals surface area contributed by atoms with E-state index in [-0.39, 0.29) is 49.2 Å². The molecule has 4 nitrogen and oxygen atoms in total. The minimum absolute atomic E-state index is 0.000684. The molecule has 3 heterocycles. The van der Waals surface area contributed by atoms with E-state index in [1.807, 2.05) is 42.2 Å². The molecule has 0 radical (unpaired) electrons. The Bertz CT molecular complexity index is 1080. The van der Waals surface area contributed by atoms with Gasteiger partial charge in [0.2, 0.25) is 5.91 Å². The van der Waals surface area contributed by atoms with Crippen LogP contribution in [0.3, 0.4) is 0 Å². The number of thiophene rings is 2. The second-order valence-electron chi connectivity index (χ2n) is 7.82. The predicted molar refractivity (Wildman–Crippen MR) is 125 cm³/mol. The Morgan fingerprint density at radius 1 is 0.968 bits per heavy atom. The zero-order valence-corrected chi connectivity index (χ0v) is 19.1. The molecule has 31 heavy (non-hydrogen) atoms. The number of aryl methyl sites for hydroxylation is 1. The topological polar surface area (TPSA) is 54.5 Å². The van der Waals surface area contributed by atoms with E-state index in [1.165, 1.54) is 21.8 Å². The zero-order valence-electron chi connectivity index (χ0n) is 17.5. The fraction of sp³-hybridized carbons (Fsp3) is 0.320. The third-order valence-electron chi connectivity index (χ3n) is 5.67. The first kappa shape index (κ1) is 21.7. The number of benzene rings is 1. The number of carbonyl (C=O) groups is 3. The summed E-state index contributed by atoms with van der Waals surface area (Å²) in [6.07, 6.45) is 1.63. The summed E-state index contributed by atoms with van der Waals surface area (Å²) in [5, 5.41) is 2.09. The van der Waals surface area contributed by atoms with Gasteiger partial charge in [-0.25, -0.2) is 0 Å². The number of rotatable bonds is 8. The maximum atomic E-state index is 13.1. The molecular formula is C25H25NO3S2. The third kappa shape index (κ3) is 5.02. The van der Waals surface area contributed by atoms with Crippen LogP contribution in [-0.4, -0.2) is 28.9 Å². The Morgan fingerprint density at radius 2 is 1.74 bits per heavy atom. The average molecular weight is 452 g/mol. The number of ketones is 2. The number of hydrogen-bond acceptors (Lipinski definition) is 5. The molecule has 3 aromatic rings. The molecule has 4 rings (SSSR count). The quantitative estimate of drug-likeness (QED) is 0.419. The first-order chi connectivity index (χ1) is 15.0. The monoisotopic (exact) mass is 451 g/mol. The molecule has 0 bridgehead atoms. The van der Waals surface area contributed by atoms with Crippen molar-refractivity contribution in [1.82, 2.24) is 4.90 Å². The highest BCUT2D eigenvalue weighted by Crippen LogP contribution is 2.38. The molecule has 6 heteroatoms. The van der Waals surface area contributed by atoms with Gasteiger partial charge in [-0.15, -0.1) is 22.7 Å². The first-order valence-corrected chi connectivity index (χ1v) is 12.2. The SMILES string of the molecule is Cc1ccc(C(=O)CCC(=O)CCC(=O)N2CCc3sccc3C2c2ccccc2)s1. The van der Waals surface area contributed by atoms with Crippen LogP contribution in [0.4, 0.5) is 0 Å². The Morgan fingerprint density at radius 3 is 2.48 bits per heavy atom. The van der Waals surface area contributed by atoms with E-state index in [0.29, 0.717) is 11.4 Å². The van der Waals surface area contributed by atoms with Gasteiger partial charge in [-0.2, -0.15) is 0 Å². The van der Waals surface area contributed by atoms with E-state index in [4.69, 9.17) is 0 Å². The number of carbonyl (C=O) groups excluding carboxylic acids is 3. The maximum absolute atomic E-state index is 13.1. The van der Waals surface area contributed by atoms with Crippen LogP contribution < -0.4 is 0 Å². The van der Waals surface area contributed by atoms with Crippen LogP contribution in [0.15, 0.2) is 53.9 Å². The lowest BCUT2D eigenvalue weighted by Gasteiger charge is -2.36. The first-order valence-electron chi connectivity index (χ1n) is 10.5. The Kier molecular flexibility index (Phi) is 6.78. The van der Waals surface area contributed by atoms with E-state index in [2.05, 4.69) is 23.6 Å². The fourth-order valence-corrected chi connectivity index (χ4v) is 5.79. The summed E-state index contributed by atoms with van der Waals surface area (Å²) in [6.45, 7) is 2.62. The summed E-state index contributed by atoms with van der Waals surface area (Å²) in [7, 11) is 0. The van der Waals surface area contributed by atoms with Crippen molar-refractivity contribution in [3.05, 3.63) is 79.7 Å². The van der Waals surface area contributed by atoms with Crippen LogP contribution >= 0.6 is 22.7 Å². The van der Waals surface area contributed by atoms with Gasteiger partial charge in [0.1, 0.15) is 5.78 Å². The Labute approximate surface area is 190 Å². The van der Waals surface area contributed by atoms with Gasteiger partial charge in [0, 0.05) is 42.0 Å². The van der Waals surface area contributed by atoms with Gasteiger partial charge in [-0.1, -0.05) is 30.3 Å². The highest BCUT2D eigenvalue weighted by atomic mass is 32.1. The number of nitrogens with zero attached hydrogens (tertiary/aromatic N) is 1. The lowest BCUT2D eigenvalue weighted by Crippen LogP contribution is -2.40. The third-order valence-corrected chi connectivity index (χ3v) is 7.70. The fourth-order valence-electron chi connectivity index (χ4n) is 4.06. The van der Waals surface area contributed by atoms with Crippen molar-refractivity contribution in [2.24, 2.45) is 0 Å². The summed E-state index contributed by atoms with van der Waals surface area (Å²) in [6, 6.07) is 15.8. The summed E-state index contributed by atoms with van der Waals surface area (Å²) in [5.74, 6) is -0.0262. The van der Waals surface area contributed by atoms with E-state index >= 15 is 0 Å². The number of fused-ring (bicyclic) bond motifs is 1. The summed E-state index contributed by atoms with van der Waals surface area (Å²) >= 11 is 3.20. The average Bonchev–Trinajstić information content (AvgIpc) is 3.44. The highest BCUT2D eigenvalue weighted by molar-refractivity contribution is 7.14. The molecule has 1 atom stereocenters. The lowest BCUT2D eigenvalue weighted by atomic mass is 9.92.